The summed E-state index contributed by atoms with van der Waals surface area (Å²) in [6, 6.07) is 14.5. The van der Waals surface area contributed by atoms with Crippen LogP contribution in [0.2, 0.25) is 0 Å². The van der Waals surface area contributed by atoms with Crippen LogP contribution >= 0.6 is 0 Å². The molecule has 0 unspecified atom stereocenters. The third kappa shape index (κ3) is 6.94. The van der Waals surface area contributed by atoms with E-state index in [0.29, 0.717) is 26.3 Å². The van der Waals surface area contributed by atoms with Gasteiger partial charge in [0.25, 0.3) is 0 Å². The predicted molar refractivity (Wildman–Crippen MR) is 101 cm³/mol. The first kappa shape index (κ1) is 20.1. The van der Waals surface area contributed by atoms with Crippen molar-refractivity contribution < 1.29 is 13.9 Å². The summed E-state index contributed by atoms with van der Waals surface area (Å²) in [4.78, 5) is 14.2. The number of carbonyl (C=O) groups is 1. The first-order valence-electron chi connectivity index (χ1n) is 8.99. The van der Waals surface area contributed by atoms with Crippen molar-refractivity contribution in [1.29, 1.82) is 0 Å². The van der Waals surface area contributed by atoms with E-state index in [1.54, 1.807) is 6.07 Å². The number of amides is 1. The van der Waals surface area contributed by atoms with Crippen LogP contribution in [0.5, 0.6) is 0 Å². The third-order valence-corrected chi connectivity index (χ3v) is 4.10. The zero-order valence-corrected chi connectivity index (χ0v) is 15.5. The van der Waals surface area contributed by atoms with Gasteiger partial charge >= 0.3 is 0 Å². The van der Waals surface area contributed by atoms with Crippen molar-refractivity contribution in [3.8, 4) is 0 Å². The highest BCUT2D eigenvalue weighted by molar-refractivity contribution is 5.78. The minimum absolute atomic E-state index is 0.0401. The fourth-order valence-corrected chi connectivity index (χ4v) is 2.61. The van der Waals surface area contributed by atoms with Crippen LogP contribution in [0.3, 0.4) is 0 Å². The molecule has 0 saturated heterocycles. The lowest BCUT2D eigenvalue weighted by molar-refractivity contribution is -0.122. The van der Waals surface area contributed by atoms with Gasteiger partial charge in [-0.15, -0.1) is 0 Å². The number of benzene rings is 2. The Morgan fingerprint density at radius 3 is 2.46 bits per heavy atom. The number of nitrogens with zero attached hydrogens (tertiary/aromatic N) is 1. The van der Waals surface area contributed by atoms with Crippen LogP contribution in [0.1, 0.15) is 30.5 Å². The normalized spacial score (nSPS) is 10.9. The van der Waals surface area contributed by atoms with Gasteiger partial charge in [-0.25, -0.2) is 4.39 Å². The van der Waals surface area contributed by atoms with Gasteiger partial charge in [0.05, 0.1) is 13.2 Å². The maximum Gasteiger partial charge on any atom is 0.234 e. The molecule has 0 bridgehead atoms. The number of nitrogens with one attached hydrogen (secondary N) is 1. The zero-order chi connectivity index (χ0) is 18.8. The number of hydrogen-bond acceptors (Lipinski definition) is 3. The number of halogens is 1. The van der Waals surface area contributed by atoms with Crippen molar-refractivity contribution in [3.63, 3.8) is 0 Å². The highest BCUT2D eigenvalue weighted by Crippen LogP contribution is 2.08. The first-order valence-corrected chi connectivity index (χ1v) is 8.99. The molecule has 0 saturated carbocycles. The molecule has 0 radical (unpaired) electrons. The quantitative estimate of drug-likeness (QED) is 0.707. The molecular formula is C21H27FN2O2. The second-order valence-electron chi connectivity index (χ2n) is 6.16. The van der Waals surface area contributed by atoms with Crippen molar-refractivity contribution in [2.75, 3.05) is 19.7 Å². The molecule has 140 valence electrons. The van der Waals surface area contributed by atoms with E-state index >= 15 is 0 Å². The molecule has 26 heavy (non-hydrogen) atoms. The Bertz CT molecular complexity index is 689. The van der Waals surface area contributed by atoms with Crippen molar-refractivity contribution in [3.05, 3.63) is 71.0 Å². The first-order chi connectivity index (χ1) is 12.6. The van der Waals surface area contributed by atoms with Crippen molar-refractivity contribution in [2.45, 2.75) is 33.5 Å². The second-order valence-corrected chi connectivity index (χ2v) is 6.16. The second kappa shape index (κ2) is 10.7. The summed E-state index contributed by atoms with van der Waals surface area (Å²) in [6.45, 7) is 7.31. The summed E-state index contributed by atoms with van der Waals surface area (Å²) in [5.74, 6) is -0.294. The molecule has 2 aromatic carbocycles. The summed E-state index contributed by atoms with van der Waals surface area (Å²) in [5, 5.41) is 2.94. The Morgan fingerprint density at radius 1 is 1.08 bits per heavy atom. The topological polar surface area (TPSA) is 41.6 Å². The molecule has 0 aliphatic carbocycles. The van der Waals surface area contributed by atoms with Crippen LogP contribution in [0.15, 0.2) is 48.5 Å². The van der Waals surface area contributed by atoms with Crippen molar-refractivity contribution in [1.82, 2.24) is 10.2 Å². The Balaban J connectivity index is 1.79. The fourth-order valence-electron chi connectivity index (χ4n) is 2.61. The molecule has 0 aromatic heterocycles. The van der Waals surface area contributed by atoms with Gasteiger partial charge < -0.3 is 10.1 Å². The summed E-state index contributed by atoms with van der Waals surface area (Å²) in [6.07, 6.45) is 0. The number of rotatable bonds is 10. The van der Waals surface area contributed by atoms with E-state index < -0.39 is 0 Å². The maximum absolute atomic E-state index is 13.3. The van der Waals surface area contributed by atoms with E-state index in [0.717, 1.165) is 23.2 Å². The average molecular weight is 358 g/mol. The van der Waals surface area contributed by atoms with Gasteiger partial charge in [-0.2, -0.15) is 0 Å². The lowest BCUT2D eigenvalue weighted by Gasteiger charge is -2.20. The largest absolute Gasteiger partial charge is 0.377 e. The van der Waals surface area contributed by atoms with Gasteiger partial charge in [0, 0.05) is 19.7 Å². The minimum Gasteiger partial charge on any atom is -0.377 e. The van der Waals surface area contributed by atoms with Gasteiger partial charge in [-0.1, -0.05) is 43.3 Å². The molecule has 0 fully saturated rings. The van der Waals surface area contributed by atoms with Gasteiger partial charge in [-0.3, -0.25) is 9.69 Å². The van der Waals surface area contributed by atoms with Crippen LogP contribution in [-0.2, 0) is 29.2 Å². The number of carbonyl (C=O) groups excluding carboxylic acids is 1. The SMILES string of the molecule is CCOCc1ccc(CNC(=O)CN(CC)Cc2cccc(F)c2)cc1. The van der Waals surface area contributed by atoms with E-state index in [1.165, 1.54) is 12.1 Å². The smallest absolute Gasteiger partial charge is 0.234 e. The molecule has 1 N–H and O–H groups in total. The minimum atomic E-state index is -0.254. The molecule has 0 atom stereocenters. The van der Waals surface area contributed by atoms with Crippen LogP contribution < -0.4 is 5.32 Å². The molecule has 0 spiro atoms. The Kier molecular flexibility index (Phi) is 8.25. The molecule has 0 aliphatic rings. The van der Waals surface area contributed by atoms with Crippen molar-refractivity contribution in [2.24, 2.45) is 0 Å². The Hall–Kier alpha value is -2.24. The van der Waals surface area contributed by atoms with Gasteiger partial charge in [0.2, 0.25) is 5.91 Å². The summed E-state index contributed by atoms with van der Waals surface area (Å²) < 4.78 is 18.7. The van der Waals surface area contributed by atoms with Crippen LogP contribution in [0.4, 0.5) is 4.39 Å². The average Bonchev–Trinajstić information content (AvgIpc) is 2.65. The van der Waals surface area contributed by atoms with Crippen molar-refractivity contribution >= 4 is 5.91 Å². The van der Waals surface area contributed by atoms with Crippen LogP contribution in [0, 0.1) is 5.82 Å². The monoisotopic (exact) mass is 358 g/mol. The summed E-state index contributed by atoms with van der Waals surface area (Å²) >= 11 is 0. The molecule has 0 heterocycles. The molecule has 1 amide bonds. The van der Waals surface area contributed by atoms with E-state index in [2.05, 4.69) is 5.32 Å². The summed E-state index contributed by atoms with van der Waals surface area (Å²) in [5.41, 5.74) is 3.03. The van der Waals surface area contributed by atoms with E-state index in [4.69, 9.17) is 4.74 Å². The third-order valence-electron chi connectivity index (χ3n) is 4.10. The number of ether oxygens (including phenoxy) is 1. The molecule has 5 heteroatoms. The zero-order valence-electron chi connectivity index (χ0n) is 15.5. The lowest BCUT2D eigenvalue weighted by Crippen LogP contribution is -2.36. The maximum atomic E-state index is 13.3. The molecular weight excluding hydrogens is 331 g/mol. The van der Waals surface area contributed by atoms with Gasteiger partial charge in [-0.05, 0) is 42.3 Å². The molecule has 2 rings (SSSR count). The summed E-state index contributed by atoms with van der Waals surface area (Å²) in [7, 11) is 0. The molecule has 0 aliphatic heterocycles. The fraction of sp³-hybridized carbons (Fsp3) is 0.381. The Labute approximate surface area is 155 Å². The van der Waals surface area contributed by atoms with Gasteiger partial charge in [0.15, 0.2) is 0 Å². The molecule has 4 nitrogen and oxygen atoms in total. The Morgan fingerprint density at radius 2 is 1.81 bits per heavy atom. The standard InChI is InChI=1S/C21H27FN2O2/c1-3-24(14-19-6-5-7-20(22)12-19)15-21(25)23-13-17-8-10-18(11-9-17)16-26-4-2/h5-12H,3-4,13-16H2,1-2H3,(H,23,25). The van der Waals surface area contributed by atoms with E-state index in [9.17, 15) is 9.18 Å². The van der Waals surface area contributed by atoms with Crippen LogP contribution in [-0.4, -0.2) is 30.5 Å². The van der Waals surface area contributed by atoms with Gasteiger partial charge in [0.1, 0.15) is 5.82 Å². The lowest BCUT2D eigenvalue weighted by atomic mass is 10.1. The van der Waals surface area contributed by atoms with E-state index in [1.807, 2.05) is 49.1 Å². The highest BCUT2D eigenvalue weighted by atomic mass is 19.1. The molecule has 2 aromatic rings. The van der Waals surface area contributed by atoms with E-state index in [-0.39, 0.29) is 18.3 Å². The van der Waals surface area contributed by atoms with Crippen LogP contribution in [0.25, 0.3) is 0 Å². The predicted octanol–water partition coefficient (Wildman–Crippen LogP) is 3.50. The number of likely N-dealkylation sites (N-methyl/N-ethyl adjacent to an activating group) is 1. The number of hydrogen-bond donors (Lipinski definition) is 1. The highest BCUT2D eigenvalue weighted by Gasteiger charge is 2.10.